The maximum atomic E-state index is 15.1. The summed E-state index contributed by atoms with van der Waals surface area (Å²) in [4.78, 5) is 39.2. The van der Waals surface area contributed by atoms with Crippen molar-refractivity contribution in [3.63, 3.8) is 0 Å². The zero-order chi connectivity index (χ0) is 23.1. The van der Waals surface area contributed by atoms with E-state index in [0.29, 0.717) is 0 Å². The van der Waals surface area contributed by atoms with Crippen LogP contribution in [0.15, 0.2) is 12.3 Å². The summed E-state index contributed by atoms with van der Waals surface area (Å²) in [6.45, 7) is -0.0954. The van der Waals surface area contributed by atoms with Crippen LogP contribution in [0.2, 0.25) is 0 Å². The van der Waals surface area contributed by atoms with E-state index in [4.69, 9.17) is 37.4 Å². The first-order valence-corrected chi connectivity index (χ1v) is 12.5. The molecule has 30 heavy (non-hydrogen) atoms. The SMILES string of the molecule is C[C@@]1(F)[C@H](O)[C@@H](COP(=O)(O)OP(=O)(O)OP(=O)(O)O)O[C@H]1n1ccc(N)nc1=S. The Morgan fingerprint density at radius 3 is 2.43 bits per heavy atom. The average Bonchev–Trinajstić information content (AvgIpc) is 2.73. The molecular weight excluding hydrogens is 498 g/mol. The smallest absolute Gasteiger partial charge is 0.387 e. The number of nitrogen functional groups attached to an aromatic ring is 1. The number of phosphoric ester groups is 1. The third-order valence-electron chi connectivity index (χ3n) is 3.64. The summed E-state index contributed by atoms with van der Waals surface area (Å²) in [6, 6.07) is 1.28. The van der Waals surface area contributed by atoms with Gasteiger partial charge in [0.05, 0.1) is 6.61 Å². The normalized spacial score (nSPS) is 31.2. The predicted molar refractivity (Wildman–Crippen MR) is 96.7 cm³/mol. The third kappa shape index (κ3) is 6.43. The first-order valence-electron chi connectivity index (χ1n) is 7.59. The zero-order valence-corrected chi connectivity index (χ0v) is 18.3. The topological polar surface area (TPSA) is 233 Å². The highest BCUT2D eigenvalue weighted by atomic mass is 32.1. The van der Waals surface area contributed by atoms with Gasteiger partial charge in [-0.3, -0.25) is 9.09 Å². The lowest BCUT2D eigenvalue weighted by Gasteiger charge is -2.25. The molecule has 2 unspecified atom stereocenters. The van der Waals surface area contributed by atoms with E-state index in [0.717, 1.165) is 11.5 Å². The molecule has 1 aromatic rings. The van der Waals surface area contributed by atoms with E-state index in [9.17, 15) is 23.7 Å². The third-order valence-corrected chi connectivity index (χ3v) is 7.74. The molecule has 0 saturated carbocycles. The van der Waals surface area contributed by atoms with E-state index in [1.54, 1.807) is 0 Å². The van der Waals surface area contributed by atoms with Gasteiger partial charge in [0.2, 0.25) is 4.77 Å². The lowest BCUT2D eigenvalue weighted by molar-refractivity contribution is -0.0593. The highest BCUT2D eigenvalue weighted by molar-refractivity contribution is 7.71. The maximum Gasteiger partial charge on any atom is 0.490 e. The van der Waals surface area contributed by atoms with E-state index in [2.05, 4.69) is 18.1 Å². The summed E-state index contributed by atoms with van der Waals surface area (Å²) < 4.78 is 66.3. The second kappa shape index (κ2) is 8.71. The highest BCUT2D eigenvalue weighted by Crippen LogP contribution is 2.66. The number of ether oxygens (including phenoxy) is 1. The number of aliphatic hydroxyl groups is 1. The van der Waals surface area contributed by atoms with E-state index in [-0.39, 0.29) is 10.6 Å². The molecule has 0 bridgehead atoms. The summed E-state index contributed by atoms with van der Waals surface area (Å²) in [6.07, 6.45) is -3.85. The molecule has 0 amide bonds. The molecule has 2 heterocycles. The molecule has 0 radical (unpaired) electrons. The molecular formula is C10H17FN3O12P3S. The minimum Gasteiger partial charge on any atom is -0.387 e. The fourth-order valence-electron chi connectivity index (χ4n) is 2.43. The van der Waals surface area contributed by atoms with E-state index >= 15 is 4.39 Å². The predicted octanol–water partition coefficient (Wildman–Crippen LogP) is 0.525. The Kier molecular flexibility index (Phi) is 7.44. The van der Waals surface area contributed by atoms with Gasteiger partial charge in [0.15, 0.2) is 11.9 Å². The number of aromatic nitrogens is 2. The molecule has 1 aliphatic heterocycles. The van der Waals surface area contributed by atoms with Crippen molar-refractivity contribution >= 4 is 41.5 Å². The second-order valence-corrected chi connectivity index (χ2v) is 10.8. The van der Waals surface area contributed by atoms with Crippen LogP contribution in [0.1, 0.15) is 13.2 Å². The number of halogens is 1. The quantitative estimate of drug-likeness (QED) is 0.205. The number of anilines is 1. The lowest BCUT2D eigenvalue weighted by atomic mass is 9.98. The number of alkyl halides is 1. The van der Waals surface area contributed by atoms with E-state index in [1.807, 2.05) is 0 Å². The fraction of sp³-hybridized carbons (Fsp3) is 0.600. The number of hydrogen-bond acceptors (Lipinski definition) is 11. The van der Waals surface area contributed by atoms with Crippen molar-refractivity contribution in [2.45, 2.75) is 31.0 Å². The molecule has 0 spiro atoms. The van der Waals surface area contributed by atoms with Crippen LogP contribution in [-0.4, -0.2) is 58.7 Å². The van der Waals surface area contributed by atoms with Gasteiger partial charge in [-0.15, -0.1) is 0 Å². The Morgan fingerprint density at radius 1 is 1.30 bits per heavy atom. The molecule has 172 valence electrons. The van der Waals surface area contributed by atoms with Gasteiger partial charge >= 0.3 is 23.5 Å². The Hall–Kier alpha value is -0.640. The lowest BCUT2D eigenvalue weighted by Crippen LogP contribution is -2.40. The molecule has 20 heteroatoms. The van der Waals surface area contributed by atoms with Gasteiger partial charge in [0, 0.05) is 6.20 Å². The van der Waals surface area contributed by atoms with Crippen LogP contribution in [0, 0.1) is 4.77 Å². The van der Waals surface area contributed by atoms with E-state index in [1.165, 1.54) is 12.3 Å². The Morgan fingerprint density at radius 2 is 1.90 bits per heavy atom. The monoisotopic (exact) mass is 515 g/mol. The van der Waals surface area contributed by atoms with Crippen molar-refractivity contribution in [3.8, 4) is 0 Å². The maximum absolute atomic E-state index is 15.1. The molecule has 0 aromatic carbocycles. The van der Waals surface area contributed by atoms with Crippen molar-refractivity contribution in [2.24, 2.45) is 0 Å². The summed E-state index contributed by atoms with van der Waals surface area (Å²) in [5.74, 6) is 0.0413. The molecule has 1 fully saturated rings. The Balaban J connectivity index is 2.12. The zero-order valence-electron chi connectivity index (χ0n) is 14.8. The van der Waals surface area contributed by atoms with Crippen molar-refractivity contribution < 1.29 is 60.6 Å². The molecule has 7 N–H and O–H groups in total. The first kappa shape index (κ1) is 25.6. The minimum absolute atomic E-state index is 0.0413. The molecule has 15 nitrogen and oxygen atoms in total. The van der Waals surface area contributed by atoms with Crippen molar-refractivity contribution in [2.75, 3.05) is 12.3 Å². The highest BCUT2D eigenvalue weighted by Gasteiger charge is 2.55. The summed E-state index contributed by atoms with van der Waals surface area (Å²) >= 11 is 4.95. The molecule has 1 aromatic heterocycles. The number of rotatable bonds is 8. The van der Waals surface area contributed by atoms with Crippen LogP contribution >= 0.6 is 35.7 Å². The molecule has 2 rings (SSSR count). The van der Waals surface area contributed by atoms with Gasteiger partial charge in [-0.25, -0.2) is 23.1 Å². The average molecular weight is 515 g/mol. The largest absolute Gasteiger partial charge is 0.490 e. The van der Waals surface area contributed by atoms with Crippen LogP contribution in [-0.2, 0) is 31.6 Å². The summed E-state index contributed by atoms with van der Waals surface area (Å²) in [5, 5.41) is 10.2. The number of nitrogens with zero attached hydrogens (tertiary/aromatic N) is 2. The number of hydrogen-bond donors (Lipinski definition) is 6. The van der Waals surface area contributed by atoms with E-state index < -0.39 is 54.2 Å². The van der Waals surface area contributed by atoms with Gasteiger partial charge in [0.25, 0.3) is 0 Å². The minimum atomic E-state index is -5.73. The van der Waals surface area contributed by atoms with Crippen molar-refractivity contribution in [3.05, 3.63) is 17.0 Å². The van der Waals surface area contributed by atoms with Crippen LogP contribution in [0.4, 0.5) is 10.2 Å². The number of nitrogens with two attached hydrogens (primary N) is 1. The molecule has 0 aliphatic carbocycles. The first-order chi connectivity index (χ1) is 13.4. The second-order valence-electron chi connectivity index (χ2n) is 6.05. The summed E-state index contributed by atoms with van der Waals surface area (Å²) in [5.41, 5.74) is 2.96. The Labute approximate surface area is 172 Å². The molecule has 1 saturated heterocycles. The molecule has 1 aliphatic rings. The number of aliphatic hydroxyl groups excluding tert-OH is 1. The van der Waals surface area contributed by atoms with Crippen molar-refractivity contribution in [1.82, 2.24) is 9.55 Å². The Bertz CT molecular complexity index is 1000. The summed E-state index contributed by atoms with van der Waals surface area (Å²) in [7, 11) is -16.8. The number of phosphoric acid groups is 3. The van der Waals surface area contributed by atoms with Gasteiger partial charge in [-0.05, 0) is 25.2 Å². The van der Waals surface area contributed by atoms with Gasteiger partial charge in [0.1, 0.15) is 18.0 Å². The van der Waals surface area contributed by atoms with Crippen LogP contribution in [0.5, 0.6) is 0 Å². The van der Waals surface area contributed by atoms with Crippen molar-refractivity contribution in [1.29, 1.82) is 0 Å². The van der Waals surface area contributed by atoms with Gasteiger partial charge < -0.3 is 35.2 Å². The fourth-order valence-corrected chi connectivity index (χ4v) is 5.72. The van der Waals surface area contributed by atoms with Crippen LogP contribution < -0.4 is 5.73 Å². The van der Waals surface area contributed by atoms with Gasteiger partial charge in [-0.1, -0.05) is 0 Å². The standard InChI is InChI=1S/C10H17FN3O12P3S/c1-10(11)7(15)5(24-8(10)14-3-2-6(12)13-9(14)30)4-23-28(19,20)26-29(21,22)25-27(16,17)18/h2-3,5,7-8,15H,4H2,1H3,(H,19,20)(H,21,22)(H2,12,13,30)(H2,16,17,18)/t5-,7-,8-,10-/m1/s1. The molecule has 6 atom stereocenters. The van der Waals surface area contributed by atoms with Crippen LogP contribution in [0.3, 0.4) is 0 Å². The van der Waals surface area contributed by atoms with Crippen LogP contribution in [0.25, 0.3) is 0 Å². The van der Waals surface area contributed by atoms with Gasteiger partial charge in [-0.2, -0.15) is 8.62 Å².